The lowest BCUT2D eigenvalue weighted by molar-refractivity contribution is 0.0378. The molecule has 1 N–H and O–H groups in total. The quantitative estimate of drug-likeness (QED) is 0.858. The van der Waals surface area contributed by atoms with Gasteiger partial charge in [-0.2, -0.15) is 0 Å². The molecule has 0 aromatic heterocycles. The van der Waals surface area contributed by atoms with E-state index in [0.717, 1.165) is 18.9 Å². The van der Waals surface area contributed by atoms with Crippen molar-refractivity contribution in [3.8, 4) is 0 Å². The molecule has 0 amide bonds. The Kier molecular flexibility index (Phi) is 5.83. The van der Waals surface area contributed by atoms with Gasteiger partial charge in [0.15, 0.2) is 0 Å². The molecular formula is C19H32N2. The first kappa shape index (κ1) is 16.5. The summed E-state index contributed by atoms with van der Waals surface area (Å²) in [6.07, 6.45) is 6.49. The first-order valence-corrected chi connectivity index (χ1v) is 8.53. The highest BCUT2D eigenvalue weighted by Gasteiger charge is 2.43. The van der Waals surface area contributed by atoms with E-state index >= 15 is 0 Å². The van der Waals surface area contributed by atoms with Crippen LogP contribution in [0, 0.1) is 5.92 Å². The van der Waals surface area contributed by atoms with Gasteiger partial charge in [0.25, 0.3) is 0 Å². The molecule has 2 rings (SSSR count). The number of rotatable bonds is 6. The van der Waals surface area contributed by atoms with Gasteiger partial charge in [0.2, 0.25) is 0 Å². The van der Waals surface area contributed by atoms with Gasteiger partial charge >= 0.3 is 0 Å². The Morgan fingerprint density at radius 1 is 1.29 bits per heavy atom. The van der Waals surface area contributed by atoms with Crippen molar-refractivity contribution in [3.05, 3.63) is 35.9 Å². The highest BCUT2D eigenvalue weighted by Crippen LogP contribution is 2.39. The van der Waals surface area contributed by atoms with Gasteiger partial charge in [0, 0.05) is 11.6 Å². The summed E-state index contributed by atoms with van der Waals surface area (Å²) in [6, 6.07) is 11.5. The third-order valence-electron chi connectivity index (χ3n) is 5.28. The maximum Gasteiger partial charge on any atom is 0.0362 e. The lowest BCUT2D eigenvalue weighted by Gasteiger charge is -2.50. The second-order valence-corrected chi connectivity index (χ2v) is 7.00. The summed E-state index contributed by atoms with van der Waals surface area (Å²) in [6.45, 7) is 5.69. The van der Waals surface area contributed by atoms with Gasteiger partial charge in [-0.25, -0.2) is 0 Å². The van der Waals surface area contributed by atoms with Crippen molar-refractivity contribution >= 4 is 0 Å². The summed E-state index contributed by atoms with van der Waals surface area (Å²) < 4.78 is 0. The zero-order valence-corrected chi connectivity index (χ0v) is 14.2. The molecule has 1 aliphatic rings. The fraction of sp³-hybridized carbons (Fsp3) is 0.684. The monoisotopic (exact) mass is 288 g/mol. The molecule has 1 aromatic carbocycles. The highest BCUT2D eigenvalue weighted by atomic mass is 15.2. The number of nitrogens with one attached hydrogen (secondary N) is 1. The zero-order chi connectivity index (χ0) is 15.3. The lowest BCUT2D eigenvalue weighted by atomic mass is 9.70. The van der Waals surface area contributed by atoms with E-state index in [9.17, 15) is 0 Å². The second kappa shape index (κ2) is 7.42. The fourth-order valence-corrected chi connectivity index (χ4v) is 4.15. The molecule has 2 nitrogen and oxygen atoms in total. The van der Waals surface area contributed by atoms with Crippen LogP contribution in [0.25, 0.3) is 0 Å². The third kappa shape index (κ3) is 3.87. The zero-order valence-electron chi connectivity index (χ0n) is 14.2. The summed E-state index contributed by atoms with van der Waals surface area (Å²) in [5, 5.41) is 3.80. The normalized spacial score (nSPS) is 27.8. The van der Waals surface area contributed by atoms with Crippen molar-refractivity contribution in [1.29, 1.82) is 0 Å². The van der Waals surface area contributed by atoms with Crippen LogP contribution in [0.15, 0.2) is 30.3 Å². The van der Waals surface area contributed by atoms with Crippen LogP contribution in [0.4, 0.5) is 0 Å². The maximum atomic E-state index is 3.80. The van der Waals surface area contributed by atoms with Gasteiger partial charge in [-0.3, -0.25) is 0 Å². The molecule has 2 heteroatoms. The van der Waals surface area contributed by atoms with E-state index < -0.39 is 0 Å². The van der Waals surface area contributed by atoms with E-state index in [1.807, 2.05) is 0 Å². The van der Waals surface area contributed by atoms with Crippen LogP contribution in [0.5, 0.6) is 0 Å². The average Bonchev–Trinajstić information content (AvgIpc) is 2.47. The molecule has 1 aromatic rings. The highest BCUT2D eigenvalue weighted by molar-refractivity contribution is 5.18. The number of nitrogens with zero attached hydrogens (tertiary/aromatic N) is 1. The number of benzene rings is 1. The molecule has 0 radical (unpaired) electrons. The van der Waals surface area contributed by atoms with Crippen LogP contribution in [0.1, 0.15) is 45.1 Å². The Labute approximate surface area is 130 Å². The Morgan fingerprint density at radius 2 is 2.00 bits per heavy atom. The molecule has 21 heavy (non-hydrogen) atoms. The van der Waals surface area contributed by atoms with Crippen molar-refractivity contribution in [2.75, 3.05) is 20.6 Å². The van der Waals surface area contributed by atoms with E-state index in [0.29, 0.717) is 11.6 Å². The Balaban J connectivity index is 2.24. The molecule has 1 saturated carbocycles. The summed E-state index contributed by atoms with van der Waals surface area (Å²) in [4.78, 5) is 2.50. The second-order valence-electron chi connectivity index (χ2n) is 7.00. The van der Waals surface area contributed by atoms with Gasteiger partial charge in [0.05, 0.1) is 0 Å². The molecule has 3 atom stereocenters. The first-order chi connectivity index (χ1) is 10.1. The lowest BCUT2D eigenvalue weighted by Crippen LogP contribution is -2.61. The van der Waals surface area contributed by atoms with Crippen LogP contribution < -0.4 is 5.32 Å². The van der Waals surface area contributed by atoms with Crippen LogP contribution in [-0.2, 0) is 6.42 Å². The van der Waals surface area contributed by atoms with Crippen molar-refractivity contribution in [2.45, 2.75) is 57.5 Å². The molecule has 0 spiro atoms. The standard InChI is InChI=1S/C19H32N2/c1-5-20-18(14-17-11-7-6-8-12-17)19(21(3)4)13-9-10-16(2)15-19/h6-8,11-12,16,18,20H,5,9-10,13-15H2,1-4H3. The van der Waals surface area contributed by atoms with Crippen molar-refractivity contribution in [3.63, 3.8) is 0 Å². The summed E-state index contributed by atoms with van der Waals surface area (Å²) in [5.74, 6) is 0.832. The molecular weight excluding hydrogens is 256 g/mol. The third-order valence-corrected chi connectivity index (χ3v) is 5.28. The summed E-state index contributed by atoms with van der Waals surface area (Å²) in [5.41, 5.74) is 1.74. The van der Waals surface area contributed by atoms with Gasteiger partial charge < -0.3 is 10.2 Å². The first-order valence-electron chi connectivity index (χ1n) is 8.53. The minimum Gasteiger partial charge on any atom is -0.312 e. The average molecular weight is 288 g/mol. The fourth-order valence-electron chi connectivity index (χ4n) is 4.15. The van der Waals surface area contributed by atoms with Crippen LogP contribution in [-0.4, -0.2) is 37.1 Å². The van der Waals surface area contributed by atoms with Gasteiger partial charge in [-0.1, -0.05) is 57.0 Å². The van der Waals surface area contributed by atoms with E-state index in [1.54, 1.807) is 0 Å². The minimum atomic E-state index is 0.295. The molecule has 0 saturated heterocycles. The molecule has 0 bridgehead atoms. The van der Waals surface area contributed by atoms with Crippen molar-refractivity contribution < 1.29 is 0 Å². The molecule has 0 aliphatic heterocycles. The predicted molar refractivity (Wildman–Crippen MR) is 91.7 cm³/mol. The van der Waals surface area contributed by atoms with Crippen molar-refractivity contribution in [1.82, 2.24) is 10.2 Å². The molecule has 1 aliphatic carbocycles. The SMILES string of the molecule is CCNC(Cc1ccccc1)C1(N(C)C)CCCC(C)C1. The molecule has 3 unspecified atom stereocenters. The number of hydrogen-bond donors (Lipinski definition) is 1. The molecule has 1 fully saturated rings. The Bertz CT molecular complexity index is 415. The largest absolute Gasteiger partial charge is 0.312 e. The molecule has 0 heterocycles. The van der Waals surface area contributed by atoms with Crippen LogP contribution >= 0.6 is 0 Å². The maximum absolute atomic E-state index is 3.80. The number of likely N-dealkylation sites (N-methyl/N-ethyl adjacent to an activating group) is 2. The van der Waals surface area contributed by atoms with Crippen molar-refractivity contribution in [2.24, 2.45) is 5.92 Å². The molecule has 118 valence electrons. The van der Waals surface area contributed by atoms with E-state index in [1.165, 1.54) is 31.2 Å². The topological polar surface area (TPSA) is 15.3 Å². The summed E-state index contributed by atoms with van der Waals surface area (Å²) >= 11 is 0. The van der Waals surface area contributed by atoms with Gasteiger partial charge in [-0.15, -0.1) is 0 Å². The predicted octanol–water partition coefficient (Wildman–Crippen LogP) is 3.72. The van der Waals surface area contributed by atoms with Gasteiger partial charge in [-0.05, 0) is 51.4 Å². The van der Waals surface area contributed by atoms with E-state index in [4.69, 9.17) is 0 Å². The minimum absolute atomic E-state index is 0.295. The van der Waals surface area contributed by atoms with Gasteiger partial charge in [0.1, 0.15) is 0 Å². The van der Waals surface area contributed by atoms with Crippen LogP contribution in [0.2, 0.25) is 0 Å². The van der Waals surface area contributed by atoms with E-state index in [-0.39, 0.29) is 0 Å². The Morgan fingerprint density at radius 3 is 2.57 bits per heavy atom. The van der Waals surface area contributed by atoms with Crippen LogP contribution in [0.3, 0.4) is 0 Å². The summed E-state index contributed by atoms with van der Waals surface area (Å²) in [7, 11) is 4.54. The number of hydrogen-bond acceptors (Lipinski definition) is 2. The smallest absolute Gasteiger partial charge is 0.0362 e. The van der Waals surface area contributed by atoms with E-state index in [2.05, 4.69) is 68.5 Å². The Hall–Kier alpha value is -0.860.